The summed E-state index contributed by atoms with van der Waals surface area (Å²) in [6.07, 6.45) is -1.48. The van der Waals surface area contributed by atoms with Gasteiger partial charge in [-0.25, -0.2) is 4.79 Å². The number of halogens is 1. The maximum absolute atomic E-state index is 11.8. The first kappa shape index (κ1) is 14.7. The molecule has 0 saturated heterocycles. The normalized spacial score (nSPS) is 11.9. The highest BCUT2D eigenvalue weighted by atomic mass is 79.9. The van der Waals surface area contributed by atoms with Crippen molar-refractivity contribution in [3.05, 3.63) is 33.8 Å². The summed E-state index contributed by atoms with van der Waals surface area (Å²) < 4.78 is 0.679. The van der Waals surface area contributed by atoms with Crippen LogP contribution in [0.3, 0.4) is 0 Å². The number of hydrogen-bond donors (Lipinski definition) is 3. The molecule has 5 nitrogen and oxygen atoms in total. The molecule has 1 atom stereocenters. The van der Waals surface area contributed by atoms with Gasteiger partial charge in [0.15, 0.2) is 6.10 Å². The minimum atomic E-state index is -1.45. The van der Waals surface area contributed by atoms with E-state index in [0.717, 1.165) is 5.56 Å². The second kappa shape index (κ2) is 6.51. The van der Waals surface area contributed by atoms with E-state index in [4.69, 9.17) is 10.2 Å². The molecular formula is C12H14BrNO4. The standard InChI is InChI=1S/C12H14BrNO4/c1-7-2-3-8(9(13)6-7)11(16)14-5-4-10(15)12(17)18/h2-3,6,10,15H,4-5H2,1H3,(H,14,16)(H,17,18). The Hall–Kier alpha value is -1.40. The van der Waals surface area contributed by atoms with Gasteiger partial charge in [0.25, 0.3) is 5.91 Å². The molecule has 98 valence electrons. The van der Waals surface area contributed by atoms with Gasteiger partial charge in [-0.2, -0.15) is 0 Å². The summed E-state index contributed by atoms with van der Waals surface area (Å²) in [5.41, 5.74) is 1.50. The number of nitrogens with one attached hydrogen (secondary N) is 1. The molecule has 1 amide bonds. The van der Waals surface area contributed by atoms with Crippen LogP contribution < -0.4 is 5.32 Å². The molecular weight excluding hydrogens is 302 g/mol. The summed E-state index contributed by atoms with van der Waals surface area (Å²) >= 11 is 3.29. The third kappa shape index (κ3) is 4.12. The van der Waals surface area contributed by atoms with Crippen LogP contribution in [0.15, 0.2) is 22.7 Å². The number of aliphatic hydroxyl groups excluding tert-OH is 1. The second-order valence-corrected chi connectivity index (χ2v) is 4.74. The van der Waals surface area contributed by atoms with Gasteiger partial charge in [-0.1, -0.05) is 6.07 Å². The molecule has 0 aliphatic rings. The number of carboxylic acids is 1. The molecule has 0 aromatic heterocycles. The van der Waals surface area contributed by atoms with E-state index in [1.54, 1.807) is 6.07 Å². The lowest BCUT2D eigenvalue weighted by molar-refractivity contribution is -0.146. The SMILES string of the molecule is Cc1ccc(C(=O)NCCC(O)C(=O)O)c(Br)c1. The molecule has 0 aliphatic heterocycles. The second-order valence-electron chi connectivity index (χ2n) is 3.88. The summed E-state index contributed by atoms with van der Waals surface area (Å²) in [4.78, 5) is 22.1. The van der Waals surface area contributed by atoms with Gasteiger partial charge in [-0.15, -0.1) is 0 Å². The summed E-state index contributed by atoms with van der Waals surface area (Å²) in [5.74, 6) is -1.60. The van der Waals surface area contributed by atoms with Crippen molar-refractivity contribution in [2.75, 3.05) is 6.54 Å². The van der Waals surface area contributed by atoms with Crippen LogP contribution in [0.5, 0.6) is 0 Å². The number of rotatable bonds is 5. The van der Waals surface area contributed by atoms with Crippen molar-refractivity contribution in [2.45, 2.75) is 19.4 Å². The maximum atomic E-state index is 11.8. The quantitative estimate of drug-likeness (QED) is 0.765. The summed E-state index contributed by atoms with van der Waals surface area (Å²) in [6.45, 7) is 2.02. The average Bonchev–Trinajstić information content (AvgIpc) is 2.28. The number of carboxylic acid groups (broad SMARTS) is 1. The molecule has 1 rings (SSSR count). The highest BCUT2D eigenvalue weighted by Gasteiger charge is 2.14. The first-order valence-corrected chi connectivity index (χ1v) is 6.16. The Morgan fingerprint density at radius 2 is 2.11 bits per heavy atom. The Morgan fingerprint density at radius 1 is 1.44 bits per heavy atom. The van der Waals surface area contributed by atoms with Gasteiger partial charge in [0.05, 0.1) is 5.56 Å². The van der Waals surface area contributed by atoms with Gasteiger partial charge in [0, 0.05) is 17.4 Å². The Balaban J connectivity index is 2.53. The number of aliphatic hydroxyl groups is 1. The fourth-order valence-electron chi connectivity index (χ4n) is 1.35. The maximum Gasteiger partial charge on any atom is 0.332 e. The molecule has 0 aliphatic carbocycles. The highest BCUT2D eigenvalue weighted by Crippen LogP contribution is 2.18. The number of aliphatic carboxylic acids is 1. The van der Waals surface area contributed by atoms with Crippen LogP contribution in [-0.4, -0.2) is 34.7 Å². The van der Waals surface area contributed by atoms with E-state index in [1.165, 1.54) is 0 Å². The number of carbonyl (C=O) groups is 2. The highest BCUT2D eigenvalue weighted by molar-refractivity contribution is 9.10. The fourth-order valence-corrected chi connectivity index (χ4v) is 2.02. The third-order valence-corrected chi connectivity index (χ3v) is 3.01. The Kier molecular flexibility index (Phi) is 5.30. The van der Waals surface area contributed by atoms with Gasteiger partial charge in [0.2, 0.25) is 0 Å². The molecule has 0 radical (unpaired) electrons. The molecule has 6 heteroatoms. The Bertz CT molecular complexity index is 461. The van der Waals surface area contributed by atoms with E-state index in [-0.39, 0.29) is 18.9 Å². The van der Waals surface area contributed by atoms with E-state index in [0.29, 0.717) is 10.0 Å². The van der Waals surface area contributed by atoms with Gasteiger partial charge < -0.3 is 15.5 Å². The number of aryl methyl sites for hydroxylation is 1. The number of carbonyl (C=O) groups excluding carboxylic acids is 1. The Morgan fingerprint density at radius 3 is 2.67 bits per heavy atom. The lowest BCUT2D eigenvalue weighted by Gasteiger charge is -2.09. The van der Waals surface area contributed by atoms with Crippen LogP contribution in [0.2, 0.25) is 0 Å². The molecule has 0 spiro atoms. The van der Waals surface area contributed by atoms with Crippen molar-refractivity contribution < 1.29 is 19.8 Å². The van der Waals surface area contributed by atoms with Crippen LogP contribution in [0.1, 0.15) is 22.3 Å². The van der Waals surface area contributed by atoms with Crippen LogP contribution in [0.25, 0.3) is 0 Å². The molecule has 0 bridgehead atoms. The number of hydrogen-bond acceptors (Lipinski definition) is 3. The largest absolute Gasteiger partial charge is 0.479 e. The van der Waals surface area contributed by atoms with Crippen molar-refractivity contribution in [2.24, 2.45) is 0 Å². The van der Waals surface area contributed by atoms with Crippen molar-refractivity contribution >= 4 is 27.8 Å². The van der Waals surface area contributed by atoms with Crippen LogP contribution in [-0.2, 0) is 4.79 Å². The summed E-state index contributed by atoms with van der Waals surface area (Å²) in [5, 5.41) is 20.1. The lowest BCUT2D eigenvalue weighted by Crippen LogP contribution is -2.30. The van der Waals surface area contributed by atoms with E-state index in [1.807, 2.05) is 19.1 Å². The van der Waals surface area contributed by atoms with Crippen LogP contribution in [0.4, 0.5) is 0 Å². The molecule has 0 fully saturated rings. The van der Waals surface area contributed by atoms with E-state index >= 15 is 0 Å². The first-order chi connectivity index (χ1) is 8.41. The molecule has 1 aromatic carbocycles. The van der Waals surface area contributed by atoms with E-state index < -0.39 is 12.1 Å². The minimum absolute atomic E-state index is 0.0233. The lowest BCUT2D eigenvalue weighted by atomic mass is 10.1. The molecule has 0 heterocycles. The Labute approximate surface area is 113 Å². The number of amides is 1. The molecule has 1 unspecified atom stereocenters. The smallest absolute Gasteiger partial charge is 0.332 e. The summed E-state index contributed by atoms with van der Waals surface area (Å²) in [7, 11) is 0. The van der Waals surface area contributed by atoms with Crippen LogP contribution in [0, 0.1) is 6.92 Å². The van der Waals surface area contributed by atoms with Crippen molar-refractivity contribution in [3.63, 3.8) is 0 Å². The van der Waals surface area contributed by atoms with Crippen molar-refractivity contribution in [1.82, 2.24) is 5.32 Å². The van der Waals surface area contributed by atoms with Gasteiger partial charge in [0.1, 0.15) is 0 Å². The molecule has 3 N–H and O–H groups in total. The summed E-state index contributed by atoms with van der Waals surface area (Å²) in [6, 6.07) is 5.31. The van der Waals surface area contributed by atoms with Gasteiger partial charge >= 0.3 is 5.97 Å². The number of benzene rings is 1. The van der Waals surface area contributed by atoms with Crippen molar-refractivity contribution in [3.8, 4) is 0 Å². The van der Waals surface area contributed by atoms with E-state index in [9.17, 15) is 9.59 Å². The van der Waals surface area contributed by atoms with Crippen molar-refractivity contribution in [1.29, 1.82) is 0 Å². The zero-order valence-corrected chi connectivity index (χ0v) is 11.4. The monoisotopic (exact) mass is 315 g/mol. The zero-order valence-electron chi connectivity index (χ0n) is 9.81. The van der Waals surface area contributed by atoms with Gasteiger partial charge in [-0.05, 0) is 40.5 Å². The minimum Gasteiger partial charge on any atom is -0.479 e. The van der Waals surface area contributed by atoms with E-state index in [2.05, 4.69) is 21.2 Å². The fraction of sp³-hybridized carbons (Fsp3) is 0.333. The first-order valence-electron chi connectivity index (χ1n) is 5.37. The predicted molar refractivity (Wildman–Crippen MR) is 69.5 cm³/mol. The topological polar surface area (TPSA) is 86.6 Å². The third-order valence-electron chi connectivity index (χ3n) is 2.36. The van der Waals surface area contributed by atoms with Gasteiger partial charge in [-0.3, -0.25) is 4.79 Å². The molecule has 0 saturated carbocycles. The van der Waals surface area contributed by atoms with Crippen LogP contribution >= 0.6 is 15.9 Å². The predicted octanol–water partition coefficient (Wildman–Crippen LogP) is 1.32. The molecule has 1 aromatic rings. The average molecular weight is 316 g/mol. The molecule has 18 heavy (non-hydrogen) atoms. The zero-order chi connectivity index (χ0) is 13.7.